The van der Waals surface area contributed by atoms with Crippen LogP contribution >= 0.6 is 0 Å². The van der Waals surface area contributed by atoms with Gasteiger partial charge in [0.1, 0.15) is 0 Å². The number of pyridine rings is 1. The minimum atomic E-state index is 0.815. The topological polar surface area (TPSA) is 24.9 Å². The average Bonchev–Trinajstić information content (AvgIpc) is 2.33. The zero-order valence-electron chi connectivity index (χ0n) is 9.48. The van der Waals surface area contributed by atoms with E-state index in [1.165, 1.54) is 11.1 Å². The lowest BCUT2D eigenvalue weighted by molar-refractivity contribution is 0.677. The number of nitrogens with one attached hydrogen (secondary N) is 1. The van der Waals surface area contributed by atoms with Crippen molar-refractivity contribution in [3.8, 4) is 0 Å². The maximum absolute atomic E-state index is 4.27. The first-order chi connectivity index (χ1) is 7.86. The number of hydrogen-bond acceptors (Lipinski definition) is 2. The fourth-order valence-corrected chi connectivity index (χ4v) is 1.64. The normalized spacial score (nSPS) is 10.3. The molecule has 0 saturated heterocycles. The third kappa shape index (κ3) is 2.91. The number of aromatic nitrogens is 1. The Bertz CT molecular complexity index is 437. The Morgan fingerprint density at radius 1 is 1.00 bits per heavy atom. The van der Waals surface area contributed by atoms with Crippen molar-refractivity contribution in [3.05, 3.63) is 65.5 Å². The smallest absolute Gasteiger partial charge is 0.0541 e. The van der Waals surface area contributed by atoms with Gasteiger partial charge in [0, 0.05) is 19.3 Å². The van der Waals surface area contributed by atoms with Crippen molar-refractivity contribution in [2.75, 3.05) is 0 Å². The van der Waals surface area contributed by atoms with Crippen LogP contribution in [-0.4, -0.2) is 4.98 Å². The summed E-state index contributed by atoms with van der Waals surface area (Å²) in [6.07, 6.45) is 1.82. The van der Waals surface area contributed by atoms with Crippen LogP contribution in [0.15, 0.2) is 48.7 Å². The minimum absolute atomic E-state index is 0.815. The fraction of sp³-hybridized carbons (Fsp3) is 0.214. The number of rotatable bonds is 4. The van der Waals surface area contributed by atoms with Gasteiger partial charge in [0.15, 0.2) is 0 Å². The van der Waals surface area contributed by atoms with E-state index in [0.717, 1.165) is 18.8 Å². The number of benzene rings is 1. The zero-order chi connectivity index (χ0) is 11.2. The van der Waals surface area contributed by atoms with Crippen LogP contribution in [0.25, 0.3) is 0 Å². The highest BCUT2D eigenvalue weighted by Gasteiger charge is 1.96. The summed E-state index contributed by atoms with van der Waals surface area (Å²) in [6, 6.07) is 14.4. The van der Waals surface area contributed by atoms with E-state index in [1.807, 2.05) is 24.4 Å². The number of hydrogen-bond donors (Lipinski definition) is 1. The summed E-state index contributed by atoms with van der Waals surface area (Å²) in [5.74, 6) is 0. The lowest BCUT2D eigenvalue weighted by Crippen LogP contribution is -2.14. The summed E-state index contributed by atoms with van der Waals surface area (Å²) in [5, 5.41) is 3.40. The quantitative estimate of drug-likeness (QED) is 0.842. The third-order valence-electron chi connectivity index (χ3n) is 2.61. The van der Waals surface area contributed by atoms with Crippen molar-refractivity contribution < 1.29 is 0 Å². The summed E-state index contributed by atoms with van der Waals surface area (Å²) in [7, 11) is 0. The first kappa shape index (κ1) is 10.8. The van der Waals surface area contributed by atoms with Crippen LogP contribution in [-0.2, 0) is 13.1 Å². The average molecular weight is 212 g/mol. The maximum atomic E-state index is 4.27. The number of nitrogens with zero attached hydrogens (tertiary/aromatic N) is 1. The molecule has 0 unspecified atom stereocenters. The van der Waals surface area contributed by atoms with Gasteiger partial charge in [0.05, 0.1) is 5.69 Å². The zero-order valence-corrected chi connectivity index (χ0v) is 9.48. The van der Waals surface area contributed by atoms with Gasteiger partial charge in [0.2, 0.25) is 0 Å². The van der Waals surface area contributed by atoms with Crippen LogP contribution in [0.3, 0.4) is 0 Å². The molecule has 1 heterocycles. The van der Waals surface area contributed by atoms with Gasteiger partial charge in [-0.1, -0.05) is 30.3 Å². The fourth-order valence-electron chi connectivity index (χ4n) is 1.64. The molecule has 1 aromatic heterocycles. The Kier molecular flexibility index (Phi) is 3.67. The molecule has 2 nitrogen and oxygen atoms in total. The van der Waals surface area contributed by atoms with E-state index in [0.29, 0.717) is 0 Å². The molecule has 0 bridgehead atoms. The Morgan fingerprint density at radius 2 is 1.81 bits per heavy atom. The summed E-state index contributed by atoms with van der Waals surface area (Å²) in [5.41, 5.74) is 3.76. The van der Waals surface area contributed by atoms with Gasteiger partial charge in [-0.15, -0.1) is 0 Å². The van der Waals surface area contributed by atoms with Gasteiger partial charge >= 0.3 is 0 Å². The van der Waals surface area contributed by atoms with Gasteiger partial charge < -0.3 is 5.32 Å². The molecule has 2 heteroatoms. The largest absolute Gasteiger partial charge is 0.307 e. The Balaban J connectivity index is 1.87. The molecule has 0 atom stereocenters. The van der Waals surface area contributed by atoms with Crippen LogP contribution in [0.1, 0.15) is 16.8 Å². The van der Waals surface area contributed by atoms with Crippen LogP contribution < -0.4 is 5.32 Å². The van der Waals surface area contributed by atoms with Crippen molar-refractivity contribution in [1.29, 1.82) is 0 Å². The highest BCUT2D eigenvalue weighted by molar-refractivity contribution is 5.25. The van der Waals surface area contributed by atoms with Crippen LogP contribution in [0.4, 0.5) is 0 Å². The molecule has 0 aliphatic rings. The molecular formula is C14H16N2. The molecule has 2 aromatic rings. The van der Waals surface area contributed by atoms with E-state index in [2.05, 4.69) is 41.5 Å². The Morgan fingerprint density at radius 3 is 2.56 bits per heavy atom. The molecule has 0 amide bonds. The predicted molar refractivity (Wildman–Crippen MR) is 66.0 cm³/mol. The van der Waals surface area contributed by atoms with E-state index in [1.54, 1.807) is 0 Å². The third-order valence-corrected chi connectivity index (χ3v) is 2.61. The molecule has 0 radical (unpaired) electrons. The van der Waals surface area contributed by atoms with Crippen molar-refractivity contribution in [2.24, 2.45) is 0 Å². The summed E-state index contributed by atoms with van der Waals surface area (Å²) in [6.45, 7) is 3.84. The molecular weight excluding hydrogens is 196 g/mol. The molecule has 0 spiro atoms. The molecule has 0 fully saturated rings. The van der Waals surface area contributed by atoms with Gasteiger partial charge in [-0.25, -0.2) is 0 Å². The summed E-state index contributed by atoms with van der Waals surface area (Å²) in [4.78, 5) is 4.27. The molecule has 1 aromatic carbocycles. The molecule has 0 aliphatic heterocycles. The highest BCUT2D eigenvalue weighted by Crippen LogP contribution is 2.06. The molecule has 2 rings (SSSR count). The lowest BCUT2D eigenvalue weighted by atomic mass is 10.1. The SMILES string of the molecule is Cc1ccccc1CNCc1ccccn1. The second-order valence-electron chi connectivity index (χ2n) is 3.85. The van der Waals surface area contributed by atoms with Crippen LogP contribution in [0.2, 0.25) is 0 Å². The van der Waals surface area contributed by atoms with E-state index in [9.17, 15) is 0 Å². The first-order valence-corrected chi connectivity index (χ1v) is 5.51. The van der Waals surface area contributed by atoms with Crippen molar-refractivity contribution in [3.63, 3.8) is 0 Å². The molecule has 1 N–H and O–H groups in total. The molecule has 0 saturated carbocycles. The molecule has 16 heavy (non-hydrogen) atoms. The van der Waals surface area contributed by atoms with Gasteiger partial charge in [-0.05, 0) is 30.2 Å². The van der Waals surface area contributed by atoms with Gasteiger partial charge in [-0.3, -0.25) is 4.98 Å². The Hall–Kier alpha value is -1.67. The first-order valence-electron chi connectivity index (χ1n) is 5.51. The van der Waals surface area contributed by atoms with Crippen molar-refractivity contribution in [1.82, 2.24) is 10.3 Å². The van der Waals surface area contributed by atoms with Crippen LogP contribution in [0.5, 0.6) is 0 Å². The highest BCUT2D eigenvalue weighted by atomic mass is 14.9. The van der Waals surface area contributed by atoms with Crippen LogP contribution in [0, 0.1) is 6.92 Å². The number of aryl methyl sites for hydroxylation is 1. The Labute approximate surface area is 96.4 Å². The van der Waals surface area contributed by atoms with E-state index in [4.69, 9.17) is 0 Å². The van der Waals surface area contributed by atoms with Gasteiger partial charge in [-0.2, -0.15) is 0 Å². The van der Waals surface area contributed by atoms with Crippen molar-refractivity contribution >= 4 is 0 Å². The second kappa shape index (κ2) is 5.42. The van der Waals surface area contributed by atoms with Crippen molar-refractivity contribution in [2.45, 2.75) is 20.0 Å². The molecule has 82 valence electrons. The lowest BCUT2D eigenvalue weighted by Gasteiger charge is -2.06. The van der Waals surface area contributed by atoms with Gasteiger partial charge in [0.25, 0.3) is 0 Å². The van der Waals surface area contributed by atoms with E-state index >= 15 is 0 Å². The monoisotopic (exact) mass is 212 g/mol. The summed E-state index contributed by atoms with van der Waals surface area (Å²) < 4.78 is 0. The minimum Gasteiger partial charge on any atom is -0.307 e. The summed E-state index contributed by atoms with van der Waals surface area (Å²) >= 11 is 0. The van der Waals surface area contributed by atoms with E-state index < -0.39 is 0 Å². The standard InChI is InChI=1S/C14H16N2/c1-12-6-2-3-7-13(12)10-15-11-14-8-4-5-9-16-14/h2-9,15H,10-11H2,1H3. The maximum Gasteiger partial charge on any atom is 0.0541 e. The van der Waals surface area contributed by atoms with E-state index in [-0.39, 0.29) is 0 Å². The predicted octanol–water partition coefficient (Wildman–Crippen LogP) is 2.68. The second-order valence-corrected chi connectivity index (χ2v) is 3.85. The molecule has 0 aliphatic carbocycles.